The molecule has 5 rings (SSSR count). The van der Waals surface area contributed by atoms with Crippen LogP contribution in [0.4, 0.5) is 0 Å². The van der Waals surface area contributed by atoms with Crippen LogP contribution in [0.25, 0.3) is 10.2 Å². The fraction of sp³-hybridized carbons (Fsp3) is 0.533. The Bertz CT molecular complexity index is 794. The average molecular weight is 337 g/mol. The van der Waals surface area contributed by atoms with Crippen LogP contribution in [0.1, 0.15) is 12.8 Å². The zero-order valence-electron chi connectivity index (χ0n) is 12.5. The molecule has 0 amide bonds. The van der Waals surface area contributed by atoms with Crippen LogP contribution < -0.4 is 0 Å². The van der Waals surface area contributed by atoms with Crippen molar-refractivity contribution in [2.75, 3.05) is 26.7 Å². The molecule has 0 aliphatic carbocycles. The zero-order valence-corrected chi connectivity index (χ0v) is 14.1. The Balaban J connectivity index is 1.67. The molecule has 22 heavy (non-hydrogen) atoms. The molecule has 2 aromatic rings. The number of piperidine rings is 3. The highest BCUT2D eigenvalue weighted by Gasteiger charge is 2.40. The number of nitrogens with zero attached hydrogens (tertiary/aromatic N) is 3. The molecule has 3 aliphatic rings. The normalized spacial score (nSPS) is 28.5. The van der Waals surface area contributed by atoms with Crippen molar-refractivity contribution in [3.8, 4) is 0 Å². The van der Waals surface area contributed by atoms with Gasteiger partial charge in [0.1, 0.15) is 4.90 Å². The molecule has 0 aromatic carbocycles. The van der Waals surface area contributed by atoms with Crippen LogP contribution in [0.2, 0.25) is 0 Å². The van der Waals surface area contributed by atoms with Gasteiger partial charge in [0, 0.05) is 25.8 Å². The Morgan fingerprint density at radius 2 is 2.14 bits per heavy atom. The summed E-state index contributed by atoms with van der Waals surface area (Å²) in [4.78, 5) is 6.96. The summed E-state index contributed by atoms with van der Waals surface area (Å²) >= 11 is 1.52. The van der Waals surface area contributed by atoms with Crippen LogP contribution in [0.5, 0.6) is 0 Å². The summed E-state index contributed by atoms with van der Waals surface area (Å²) in [6, 6.07) is 3.75. The molecule has 5 heterocycles. The molecule has 3 saturated heterocycles. The van der Waals surface area contributed by atoms with Crippen molar-refractivity contribution in [1.82, 2.24) is 14.2 Å². The molecule has 5 nitrogen and oxygen atoms in total. The predicted octanol–water partition coefficient (Wildman–Crippen LogP) is 2.01. The van der Waals surface area contributed by atoms with Gasteiger partial charge in [-0.25, -0.2) is 8.42 Å². The lowest BCUT2D eigenvalue weighted by Gasteiger charge is -2.47. The number of likely N-dealkylation sites (N-methyl/N-ethyl adjacent to an activating group) is 1. The van der Waals surface area contributed by atoms with E-state index in [-0.39, 0.29) is 6.04 Å². The number of fused-ring (bicyclic) bond motifs is 4. The van der Waals surface area contributed by atoms with Crippen molar-refractivity contribution in [2.24, 2.45) is 5.92 Å². The predicted molar refractivity (Wildman–Crippen MR) is 87.5 cm³/mol. The summed E-state index contributed by atoms with van der Waals surface area (Å²) in [5.74, 6) is 0.489. The average Bonchev–Trinajstić information content (AvgIpc) is 3.02. The lowest BCUT2D eigenvalue weighted by Crippen LogP contribution is -2.57. The van der Waals surface area contributed by atoms with Crippen LogP contribution in [-0.4, -0.2) is 55.3 Å². The van der Waals surface area contributed by atoms with E-state index in [2.05, 4.69) is 9.88 Å². The maximum Gasteiger partial charge on any atom is 0.244 e. The van der Waals surface area contributed by atoms with Crippen molar-refractivity contribution >= 4 is 31.6 Å². The molecule has 3 fully saturated rings. The summed E-state index contributed by atoms with van der Waals surface area (Å²) in [7, 11) is -1.76. The minimum absolute atomic E-state index is 0.0894. The third-order valence-corrected chi connectivity index (χ3v) is 7.74. The minimum atomic E-state index is -3.48. The maximum atomic E-state index is 12.9. The summed E-state index contributed by atoms with van der Waals surface area (Å²) in [5.41, 5.74) is 0.856. The first-order valence-corrected chi connectivity index (χ1v) is 9.91. The van der Waals surface area contributed by atoms with Crippen molar-refractivity contribution < 1.29 is 8.42 Å². The van der Waals surface area contributed by atoms with E-state index in [1.165, 1.54) is 17.5 Å². The molecule has 0 radical (unpaired) electrons. The first kappa shape index (κ1) is 14.6. The van der Waals surface area contributed by atoms with Crippen molar-refractivity contribution in [3.05, 3.63) is 23.7 Å². The Hall–Kier alpha value is -1.02. The summed E-state index contributed by atoms with van der Waals surface area (Å²) in [6.07, 6.45) is 3.70. The van der Waals surface area contributed by atoms with E-state index in [0.29, 0.717) is 10.8 Å². The van der Waals surface area contributed by atoms with Crippen molar-refractivity contribution in [2.45, 2.75) is 23.8 Å². The Morgan fingerprint density at radius 1 is 1.36 bits per heavy atom. The van der Waals surface area contributed by atoms with Crippen LogP contribution in [0.3, 0.4) is 0 Å². The van der Waals surface area contributed by atoms with Gasteiger partial charge in [-0.2, -0.15) is 4.31 Å². The quantitative estimate of drug-likeness (QED) is 0.860. The summed E-state index contributed by atoms with van der Waals surface area (Å²) in [5, 5.41) is 1.94. The van der Waals surface area contributed by atoms with E-state index < -0.39 is 10.0 Å². The van der Waals surface area contributed by atoms with E-state index in [1.54, 1.807) is 17.4 Å². The fourth-order valence-corrected chi connectivity index (χ4v) is 5.90. The number of pyridine rings is 1. The molecule has 7 heteroatoms. The summed E-state index contributed by atoms with van der Waals surface area (Å²) < 4.78 is 28.4. The van der Waals surface area contributed by atoms with Crippen molar-refractivity contribution in [3.63, 3.8) is 0 Å². The van der Waals surface area contributed by atoms with Crippen LogP contribution in [0.15, 0.2) is 28.6 Å². The number of aromatic nitrogens is 1. The molecule has 118 valence electrons. The van der Waals surface area contributed by atoms with Gasteiger partial charge in [0.25, 0.3) is 0 Å². The second-order valence-corrected chi connectivity index (χ2v) is 9.15. The molecular formula is C15H19N3O2S2. The van der Waals surface area contributed by atoms with E-state index in [9.17, 15) is 8.42 Å². The molecule has 0 saturated carbocycles. The van der Waals surface area contributed by atoms with Crippen molar-refractivity contribution in [1.29, 1.82) is 0 Å². The Morgan fingerprint density at radius 3 is 2.82 bits per heavy atom. The first-order valence-electron chi connectivity index (χ1n) is 7.59. The molecule has 1 unspecified atom stereocenters. The molecule has 1 atom stereocenters. The van der Waals surface area contributed by atoms with Gasteiger partial charge in [-0.1, -0.05) is 0 Å². The fourth-order valence-electron chi connectivity index (χ4n) is 3.66. The number of thiophene rings is 1. The molecule has 2 bridgehead atoms. The zero-order chi connectivity index (χ0) is 15.3. The Labute approximate surface area is 134 Å². The second kappa shape index (κ2) is 5.26. The third-order valence-electron chi connectivity index (χ3n) is 5.04. The second-order valence-electron chi connectivity index (χ2n) is 6.20. The van der Waals surface area contributed by atoms with Crippen LogP contribution in [-0.2, 0) is 10.0 Å². The topological polar surface area (TPSA) is 53.5 Å². The van der Waals surface area contributed by atoms with Gasteiger partial charge >= 0.3 is 0 Å². The van der Waals surface area contributed by atoms with Gasteiger partial charge in [0.05, 0.1) is 10.2 Å². The highest BCUT2D eigenvalue weighted by molar-refractivity contribution is 7.89. The highest BCUT2D eigenvalue weighted by Crippen LogP contribution is 2.33. The summed E-state index contributed by atoms with van der Waals surface area (Å²) in [6.45, 7) is 3.07. The molecule has 0 N–H and O–H groups in total. The van der Waals surface area contributed by atoms with Crippen LogP contribution >= 0.6 is 11.3 Å². The highest BCUT2D eigenvalue weighted by atomic mass is 32.2. The van der Waals surface area contributed by atoms with Gasteiger partial charge in [0.2, 0.25) is 10.0 Å². The van der Waals surface area contributed by atoms with E-state index in [1.807, 2.05) is 11.4 Å². The largest absolute Gasteiger partial charge is 0.302 e. The first-order chi connectivity index (χ1) is 10.6. The number of hydrogen-bond donors (Lipinski definition) is 0. The smallest absolute Gasteiger partial charge is 0.244 e. The van der Waals surface area contributed by atoms with Crippen LogP contribution in [0, 0.1) is 5.92 Å². The van der Waals surface area contributed by atoms with Gasteiger partial charge in [0.15, 0.2) is 0 Å². The Kier molecular flexibility index (Phi) is 3.48. The third kappa shape index (κ3) is 2.27. The molecule has 0 spiro atoms. The van der Waals surface area contributed by atoms with E-state index >= 15 is 0 Å². The van der Waals surface area contributed by atoms with Gasteiger partial charge in [-0.3, -0.25) is 4.98 Å². The molecule has 2 aromatic heterocycles. The number of hydrogen-bond acceptors (Lipinski definition) is 5. The van der Waals surface area contributed by atoms with E-state index in [4.69, 9.17) is 0 Å². The van der Waals surface area contributed by atoms with Gasteiger partial charge in [-0.15, -0.1) is 11.3 Å². The van der Waals surface area contributed by atoms with Gasteiger partial charge in [-0.05, 0) is 49.4 Å². The van der Waals surface area contributed by atoms with E-state index in [0.717, 1.165) is 42.7 Å². The lowest BCUT2D eigenvalue weighted by atomic mass is 9.84. The standard InChI is InChI=1S/C15H19N3O2S2/c1-17(14-10-18-5-2-11(14)3-6-18)22(19,20)12-8-15-13(16-9-12)4-7-21-15/h4,7-9,11,14H,2-3,5-6,10H2,1H3. The molecule has 3 aliphatic heterocycles. The lowest BCUT2D eigenvalue weighted by molar-refractivity contribution is 0.0465. The number of sulfonamides is 1. The maximum absolute atomic E-state index is 12.9. The number of rotatable bonds is 3. The molecular weight excluding hydrogens is 318 g/mol. The SMILES string of the molecule is CN(C1CN2CCC1CC2)S(=O)(=O)c1cnc2ccsc2c1. The van der Waals surface area contributed by atoms with Gasteiger partial charge < -0.3 is 4.90 Å². The minimum Gasteiger partial charge on any atom is -0.302 e. The monoisotopic (exact) mass is 337 g/mol.